The Morgan fingerprint density at radius 2 is 1.58 bits per heavy atom. The molecule has 1 atom stereocenters. The highest BCUT2D eigenvalue weighted by Gasteiger charge is 2.31. The highest BCUT2D eigenvalue weighted by Crippen LogP contribution is 2.34. The number of anilines is 1. The second kappa shape index (κ2) is 10.8. The van der Waals surface area contributed by atoms with Crippen molar-refractivity contribution in [3.63, 3.8) is 0 Å². The fourth-order valence-corrected chi connectivity index (χ4v) is 5.16. The van der Waals surface area contributed by atoms with Crippen LogP contribution in [0.4, 0.5) is 5.69 Å². The van der Waals surface area contributed by atoms with Crippen LogP contribution in [0.1, 0.15) is 18.0 Å². The zero-order valence-electron chi connectivity index (χ0n) is 17.8. The molecule has 0 fully saturated rings. The fraction of sp³-hybridized carbons (Fsp3) is 0.174. The number of methoxy groups -OCH3 is 1. The van der Waals surface area contributed by atoms with E-state index in [1.807, 2.05) is 0 Å². The molecule has 0 bridgehead atoms. The highest BCUT2D eigenvalue weighted by molar-refractivity contribution is 7.89. The second-order valence-electron chi connectivity index (χ2n) is 7.12. The zero-order valence-corrected chi connectivity index (χ0v) is 20.8. The van der Waals surface area contributed by atoms with Crippen molar-refractivity contribution >= 4 is 56.4 Å². The van der Waals surface area contributed by atoms with E-state index in [-0.39, 0.29) is 32.1 Å². The zero-order chi connectivity index (χ0) is 24.2. The van der Waals surface area contributed by atoms with Crippen molar-refractivity contribution < 1.29 is 17.9 Å². The van der Waals surface area contributed by atoms with Crippen LogP contribution in [0.15, 0.2) is 71.6 Å². The van der Waals surface area contributed by atoms with Crippen molar-refractivity contribution in [3.05, 3.63) is 87.4 Å². The minimum Gasteiger partial charge on any atom is -0.497 e. The molecule has 0 aliphatic heterocycles. The Labute approximate surface area is 208 Å². The molecule has 174 valence electrons. The average molecular weight is 528 g/mol. The van der Waals surface area contributed by atoms with E-state index in [9.17, 15) is 13.2 Å². The van der Waals surface area contributed by atoms with Crippen molar-refractivity contribution in [2.45, 2.75) is 17.4 Å². The summed E-state index contributed by atoms with van der Waals surface area (Å²) >= 11 is 18.2. The predicted molar refractivity (Wildman–Crippen MR) is 132 cm³/mol. The molecule has 0 saturated carbocycles. The first-order valence-corrected chi connectivity index (χ1v) is 12.3. The van der Waals surface area contributed by atoms with Gasteiger partial charge in [-0.15, -0.1) is 0 Å². The molecule has 0 aliphatic rings. The van der Waals surface area contributed by atoms with E-state index in [0.717, 1.165) is 0 Å². The third kappa shape index (κ3) is 5.99. The molecule has 3 aromatic rings. The maximum absolute atomic E-state index is 13.3. The molecule has 0 unspecified atom stereocenters. The van der Waals surface area contributed by atoms with Gasteiger partial charge in [0.25, 0.3) is 0 Å². The molecule has 0 saturated heterocycles. The third-order valence-electron chi connectivity index (χ3n) is 5.02. The number of hydrogen-bond donors (Lipinski definition) is 1. The van der Waals surface area contributed by atoms with E-state index in [0.29, 0.717) is 11.3 Å². The molecule has 33 heavy (non-hydrogen) atoms. The molecule has 1 N–H and O–H groups in total. The van der Waals surface area contributed by atoms with Crippen molar-refractivity contribution in [2.24, 2.45) is 0 Å². The van der Waals surface area contributed by atoms with E-state index in [2.05, 4.69) is 5.32 Å². The van der Waals surface area contributed by atoms with Gasteiger partial charge in [0.05, 0.1) is 38.8 Å². The first-order valence-electron chi connectivity index (χ1n) is 9.75. The molecule has 0 spiro atoms. The van der Waals surface area contributed by atoms with Crippen LogP contribution in [0.3, 0.4) is 0 Å². The number of halogens is 3. The molecular weight excluding hydrogens is 507 g/mol. The van der Waals surface area contributed by atoms with Crippen LogP contribution < -0.4 is 10.1 Å². The lowest BCUT2D eigenvalue weighted by molar-refractivity contribution is -0.117. The molecule has 3 rings (SSSR count). The summed E-state index contributed by atoms with van der Waals surface area (Å²) in [7, 11) is -0.908. The third-order valence-corrected chi connectivity index (χ3v) is 7.94. The molecule has 0 radical (unpaired) electrons. The Morgan fingerprint density at radius 3 is 2.18 bits per heavy atom. The first kappa shape index (κ1) is 25.3. The fourth-order valence-electron chi connectivity index (χ4n) is 3.20. The first-order chi connectivity index (χ1) is 15.6. The molecular formula is C23H21Cl3N2O4S. The summed E-state index contributed by atoms with van der Waals surface area (Å²) in [6, 6.07) is 16.9. The number of nitrogens with zero attached hydrogens (tertiary/aromatic N) is 1. The maximum atomic E-state index is 13.3. The standard InChI is InChI=1S/C23H21Cl3N2O4S/c1-28(33(30,31)17-6-4-3-5-7-17)22(15-8-10-16(32-2)11-9-15)14-23(29)27-21-13-19(25)18(24)12-20(21)26/h3-13,22H,14H2,1-2H3,(H,27,29)/t22-/m1/s1. The van der Waals surface area contributed by atoms with Crippen molar-refractivity contribution in [1.82, 2.24) is 4.31 Å². The Hall–Kier alpha value is -2.29. The van der Waals surface area contributed by atoms with Crippen molar-refractivity contribution in [3.8, 4) is 5.75 Å². The van der Waals surface area contributed by atoms with Gasteiger partial charge in [0.2, 0.25) is 15.9 Å². The summed E-state index contributed by atoms with van der Waals surface area (Å²) in [5, 5.41) is 3.38. The van der Waals surface area contributed by atoms with Gasteiger partial charge in [0.1, 0.15) is 5.75 Å². The van der Waals surface area contributed by atoms with Gasteiger partial charge in [-0.05, 0) is 42.0 Å². The molecule has 3 aromatic carbocycles. The monoisotopic (exact) mass is 526 g/mol. The lowest BCUT2D eigenvalue weighted by Gasteiger charge is -2.28. The molecule has 0 aliphatic carbocycles. The number of carbonyl (C=O) groups is 1. The van der Waals surface area contributed by atoms with Gasteiger partial charge in [-0.3, -0.25) is 4.79 Å². The lowest BCUT2D eigenvalue weighted by atomic mass is 10.0. The van der Waals surface area contributed by atoms with Gasteiger partial charge in [0.15, 0.2) is 0 Å². The van der Waals surface area contributed by atoms with Crippen LogP contribution in [0.5, 0.6) is 5.75 Å². The number of amides is 1. The van der Waals surface area contributed by atoms with Crippen LogP contribution in [0.2, 0.25) is 15.1 Å². The summed E-state index contributed by atoms with van der Waals surface area (Å²) in [6.07, 6.45) is -0.175. The van der Waals surface area contributed by atoms with Gasteiger partial charge >= 0.3 is 0 Å². The Morgan fingerprint density at radius 1 is 0.970 bits per heavy atom. The minimum absolute atomic E-state index is 0.124. The number of sulfonamides is 1. The van der Waals surface area contributed by atoms with E-state index in [4.69, 9.17) is 39.5 Å². The number of carbonyl (C=O) groups excluding carboxylic acids is 1. The van der Waals surface area contributed by atoms with Gasteiger partial charge in [-0.25, -0.2) is 8.42 Å². The lowest BCUT2D eigenvalue weighted by Crippen LogP contribution is -2.33. The normalized spacial score (nSPS) is 12.4. The van der Waals surface area contributed by atoms with Crippen LogP contribution in [-0.2, 0) is 14.8 Å². The number of benzene rings is 3. The summed E-state index contributed by atoms with van der Waals surface area (Å²) in [5.74, 6) is 0.157. The number of nitrogens with one attached hydrogen (secondary N) is 1. The van der Waals surface area contributed by atoms with E-state index in [1.165, 1.54) is 42.7 Å². The van der Waals surface area contributed by atoms with Crippen LogP contribution in [0.25, 0.3) is 0 Å². The summed E-state index contributed by atoms with van der Waals surface area (Å²) in [6.45, 7) is 0. The van der Waals surface area contributed by atoms with Gasteiger partial charge < -0.3 is 10.1 Å². The van der Waals surface area contributed by atoms with Gasteiger partial charge in [-0.1, -0.05) is 65.1 Å². The van der Waals surface area contributed by atoms with Crippen LogP contribution >= 0.6 is 34.8 Å². The largest absolute Gasteiger partial charge is 0.497 e. The maximum Gasteiger partial charge on any atom is 0.243 e. The van der Waals surface area contributed by atoms with Crippen molar-refractivity contribution in [2.75, 3.05) is 19.5 Å². The van der Waals surface area contributed by atoms with E-state index >= 15 is 0 Å². The summed E-state index contributed by atoms with van der Waals surface area (Å²) < 4.78 is 32.9. The number of hydrogen-bond acceptors (Lipinski definition) is 4. The Balaban J connectivity index is 1.93. The topological polar surface area (TPSA) is 75.7 Å². The van der Waals surface area contributed by atoms with Crippen molar-refractivity contribution in [1.29, 1.82) is 0 Å². The molecule has 0 heterocycles. The second-order valence-corrected chi connectivity index (χ2v) is 10.3. The average Bonchev–Trinajstić information content (AvgIpc) is 2.81. The SMILES string of the molecule is COc1ccc([C@@H](CC(=O)Nc2cc(Cl)c(Cl)cc2Cl)N(C)S(=O)(=O)c2ccccc2)cc1. The summed E-state index contributed by atoms with van der Waals surface area (Å²) in [4.78, 5) is 13.1. The Kier molecular flexibility index (Phi) is 8.26. The van der Waals surface area contributed by atoms with E-state index < -0.39 is 22.0 Å². The quantitative estimate of drug-likeness (QED) is 0.362. The highest BCUT2D eigenvalue weighted by atomic mass is 35.5. The van der Waals surface area contributed by atoms with E-state index in [1.54, 1.807) is 42.5 Å². The molecule has 6 nitrogen and oxygen atoms in total. The minimum atomic E-state index is -3.88. The molecule has 0 aromatic heterocycles. The number of ether oxygens (including phenoxy) is 1. The van der Waals surface area contributed by atoms with Crippen LogP contribution in [0, 0.1) is 0 Å². The van der Waals surface area contributed by atoms with Gasteiger partial charge in [0, 0.05) is 13.5 Å². The summed E-state index contributed by atoms with van der Waals surface area (Å²) in [5.41, 5.74) is 0.895. The molecule has 10 heteroatoms. The molecule has 1 amide bonds. The smallest absolute Gasteiger partial charge is 0.243 e. The van der Waals surface area contributed by atoms with Gasteiger partial charge in [-0.2, -0.15) is 4.31 Å². The number of rotatable bonds is 8. The predicted octanol–water partition coefficient (Wildman–Crippen LogP) is 6.05. The van der Waals surface area contributed by atoms with Crippen LogP contribution in [-0.4, -0.2) is 32.8 Å². The Bertz CT molecular complexity index is 1240.